The quantitative estimate of drug-likeness (QED) is 0.810. The van der Waals surface area contributed by atoms with Crippen LogP contribution in [0.4, 0.5) is 0 Å². The molecule has 8 heteroatoms. The fourth-order valence-electron chi connectivity index (χ4n) is 1.77. The third kappa shape index (κ3) is 4.51. The Bertz CT molecular complexity index is 522. The molecule has 0 spiro atoms. The molecule has 114 valence electrons. The van der Waals surface area contributed by atoms with E-state index in [9.17, 15) is 8.42 Å². The van der Waals surface area contributed by atoms with E-state index in [0.717, 1.165) is 4.88 Å². The van der Waals surface area contributed by atoms with Crippen molar-refractivity contribution in [2.24, 2.45) is 0 Å². The molecule has 0 atom stereocenters. The third-order valence-corrected chi connectivity index (χ3v) is 5.80. The van der Waals surface area contributed by atoms with Crippen LogP contribution in [0.15, 0.2) is 16.3 Å². The Kier molecular flexibility index (Phi) is 5.53. The molecule has 0 saturated carbocycles. The van der Waals surface area contributed by atoms with Crippen molar-refractivity contribution in [2.45, 2.75) is 30.6 Å². The molecular weight excluding hydrogens is 298 g/mol. The lowest BCUT2D eigenvalue weighted by Crippen LogP contribution is -2.48. The number of thiophene rings is 1. The lowest BCUT2D eigenvalue weighted by atomic mass is 10.4. The van der Waals surface area contributed by atoms with Crippen molar-refractivity contribution in [3.63, 3.8) is 0 Å². The van der Waals surface area contributed by atoms with E-state index < -0.39 is 10.0 Å². The van der Waals surface area contributed by atoms with Crippen LogP contribution in [0, 0.1) is 0 Å². The minimum Gasteiger partial charge on any atom is -0.379 e. The molecule has 0 radical (unpaired) electrons. The van der Waals surface area contributed by atoms with Gasteiger partial charge < -0.3 is 10.1 Å². The van der Waals surface area contributed by atoms with E-state index >= 15 is 0 Å². The van der Waals surface area contributed by atoms with Gasteiger partial charge in [0.1, 0.15) is 4.21 Å². The highest BCUT2D eigenvalue weighted by Gasteiger charge is 2.21. The van der Waals surface area contributed by atoms with Gasteiger partial charge in [-0.05, 0) is 12.1 Å². The van der Waals surface area contributed by atoms with E-state index in [0.29, 0.717) is 43.1 Å². The number of ether oxygens (including phenoxy) is 1. The van der Waals surface area contributed by atoms with Crippen LogP contribution in [-0.2, 0) is 21.3 Å². The number of morpholine rings is 1. The van der Waals surface area contributed by atoms with Gasteiger partial charge in [0.25, 0.3) is 10.0 Å². The number of nitrogens with zero attached hydrogens (tertiary/aromatic N) is 1. The second-order valence-electron chi connectivity index (χ2n) is 4.95. The van der Waals surface area contributed by atoms with Crippen molar-refractivity contribution >= 4 is 21.4 Å². The van der Waals surface area contributed by atoms with Crippen molar-refractivity contribution in [1.29, 1.82) is 0 Å². The zero-order valence-electron chi connectivity index (χ0n) is 11.8. The molecule has 2 heterocycles. The summed E-state index contributed by atoms with van der Waals surface area (Å²) in [6, 6.07) is 3.89. The molecule has 0 bridgehead atoms. The molecular formula is C12H21N3O3S2. The largest absolute Gasteiger partial charge is 0.379 e. The minimum atomic E-state index is -3.47. The Balaban J connectivity index is 1.98. The smallest absolute Gasteiger partial charge is 0.262 e. The Morgan fingerprint density at radius 3 is 2.70 bits per heavy atom. The van der Waals surface area contributed by atoms with Gasteiger partial charge in [0.15, 0.2) is 0 Å². The zero-order chi connectivity index (χ0) is 14.6. The van der Waals surface area contributed by atoms with Gasteiger partial charge in [-0.3, -0.25) is 0 Å². The molecule has 1 aromatic rings. The molecule has 2 rings (SSSR count). The summed E-state index contributed by atoms with van der Waals surface area (Å²) in [6.45, 7) is 7.07. The van der Waals surface area contributed by atoms with Gasteiger partial charge in [-0.25, -0.2) is 13.4 Å². The van der Waals surface area contributed by atoms with Crippen molar-refractivity contribution in [3.8, 4) is 0 Å². The predicted molar refractivity (Wildman–Crippen MR) is 79.0 cm³/mol. The Hall–Kier alpha value is -0.510. The summed E-state index contributed by atoms with van der Waals surface area (Å²) in [5.41, 5.74) is 0. The SMILES string of the molecule is CC(C)NCc1ccc(S(=O)(=O)NN2CCOCC2)s1. The maximum Gasteiger partial charge on any atom is 0.262 e. The van der Waals surface area contributed by atoms with Gasteiger partial charge in [0.2, 0.25) is 0 Å². The lowest BCUT2D eigenvalue weighted by molar-refractivity contribution is 0.0272. The molecule has 1 saturated heterocycles. The van der Waals surface area contributed by atoms with Crippen molar-refractivity contribution in [2.75, 3.05) is 26.3 Å². The molecule has 0 amide bonds. The highest BCUT2D eigenvalue weighted by Crippen LogP contribution is 2.21. The third-order valence-electron chi connectivity index (χ3n) is 2.85. The average molecular weight is 319 g/mol. The summed E-state index contributed by atoms with van der Waals surface area (Å²) in [7, 11) is -3.47. The predicted octanol–water partition coefficient (Wildman–Crippen LogP) is 0.772. The van der Waals surface area contributed by atoms with Gasteiger partial charge >= 0.3 is 0 Å². The molecule has 0 aromatic carbocycles. The van der Waals surface area contributed by atoms with Crippen LogP contribution in [0.5, 0.6) is 0 Å². The fourth-order valence-corrected chi connectivity index (χ4v) is 4.19. The first-order valence-electron chi connectivity index (χ1n) is 6.64. The molecule has 0 aliphatic carbocycles. The van der Waals surface area contributed by atoms with E-state index in [1.165, 1.54) is 11.3 Å². The first-order valence-corrected chi connectivity index (χ1v) is 8.94. The molecule has 1 fully saturated rings. The maximum absolute atomic E-state index is 12.2. The van der Waals surface area contributed by atoms with E-state index in [1.54, 1.807) is 11.1 Å². The van der Waals surface area contributed by atoms with E-state index in [4.69, 9.17) is 4.74 Å². The number of sulfonamides is 1. The Morgan fingerprint density at radius 2 is 2.05 bits per heavy atom. The number of hydrazine groups is 1. The van der Waals surface area contributed by atoms with Gasteiger partial charge in [-0.15, -0.1) is 16.2 Å². The Morgan fingerprint density at radius 1 is 1.35 bits per heavy atom. The van der Waals surface area contributed by atoms with Crippen LogP contribution in [-0.4, -0.2) is 45.8 Å². The van der Waals surface area contributed by atoms with E-state index in [-0.39, 0.29) is 0 Å². The van der Waals surface area contributed by atoms with Gasteiger partial charge in [0.05, 0.1) is 13.2 Å². The van der Waals surface area contributed by atoms with Gasteiger partial charge in [-0.2, -0.15) is 0 Å². The number of rotatable bonds is 6. The summed E-state index contributed by atoms with van der Waals surface area (Å²) in [5, 5.41) is 4.96. The van der Waals surface area contributed by atoms with E-state index in [2.05, 4.69) is 24.0 Å². The van der Waals surface area contributed by atoms with Crippen LogP contribution < -0.4 is 10.1 Å². The van der Waals surface area contributed by atoms with Gasteiger partial charge in [0, 0.05) is 30.6 Å². The highest BCUT2D eigenvalue weighted by atomic mass is 32.2. The van der Waals surface area contributed by atoms with Crippen LogP contribution in [0.25, 0.3) is 0 Å². The standard InChI is InChI=1S/C12H21N3O3S2/c1-10(2)13-9-11-3-4-12(19-11)20(16,17)14-15-5-7-18-8-6-15/h3-4,10,13-14H,5-9H2,1-2H3. The van der Waals surface area contributed by atoms with Crippen LogP contribution >= 0.6 is 11.3 Å². The normalized spacial score (nSPS) is 17.8. The lowest BCUT2D eigenvalue weighted by Gasteiger charge is -2.26. The molecule has 1 aliphatic heterocycles. The van der Waals surface area contributed by atoms with Crippen LogP contribution in [0.1, 0.15) is 18.7 Å². The average Bonchev–Trinajstić information content (AvgIpc) is 2.86. The highest BCUT2D eigenvalue weighted by molar-refractivity contribution is 7.91. The topological polar surface area (TPSA) is 70.7 Å². The van der Waals surface area contributed by atoms with Crippen LogP contribution in [0.3, 0.4) is 0 Å². The maximum atomic E-state index is 12.2. The summed E-state index contributed by atoms with van der Waals surface area (Å²) in [6.07, 6.45) is 0. The molecule has 0 unspecified atom stereocenters. The summed E-state index contributed by atoms with van der Waals surface area (Å²) in [5.74, 6) is 0. The molecule has 2 N–H and O–H groups in total. The van der Waals surface area contributed by atoms with Crippen LogP contribution in [0.2, 0.25) is 0 Å². The molecule has 1 aromatic heterocycles. The number of hydrogen-bond donors (Lipinski definition) is 2. The summed E-state index contributed by atoms with van der Waals surface area (Å²) >= 11 is 1.30. The van der Waals surface area contributed by atoms with Crippen molar-refractivity contribution < 1.29 is 13.2 Å². The number of nitrogens with one attached hydrogen (secondary N) is 2. The number of hydrogen-bond acceptors (Lipinski definition) is 6. The molecule has 1 aliphatic rings. The second kappa shape index (κ2) is 6.97. The van der Waals surface area contributed by atoms with Gasteiger partial charge in [-0.1, -0.05) is 13.8 Å². The minimum absolute atomic E-state index is 0.351. The fraction of sp³-hybridized carbons (Fsp3) is 0.667. The summed E-state index contributed by atoms with van der Waals surface area (Å²) in [4.78, 5) is 3.62. The van der Waals surface area contributed by atoms with Crippen molar-refractivity contribution in [3.05, 3.63) is 17.0 Å². The first-order chi connectivity index (χ1) is 9.47. The monoisotopic (exact) mass is 319 g/mol. The first kappa shape index (κ1) is 15.9. The molecule has 20 heavy (non-hydrogen) atoms. The zero-order valence-corrected chi connectivity index (χ0v) is 13.4. The summed E-state index contributed by atoms with van der Waals surface area (Å²) < 4.78 is 30.0. The Labute approximate surface area is 124 Å². The van der Waals surface area contributed by atoms with Crippen molar-refractivity contribution in [1.82, 2.24) is 15.2 Å². The second-order valence-corrected chi connectivity index (χ2v) is 8.01. The van der Waals surface area contributed by atoms with E-state index in [1.807, 2.05) is 6.07 Å². The molecule has 6 nitrogen and oxygen atoms in total.